The zero-order valence-electron chi connectivity index (χ0n) is 9.84. The van der Waals surface area contributed by atoms with Crippen LogP contribution < -0.4 is 10.1 Å². The maximum atomic E-state index is 5.38. The summed E-state index contributed by atoms with van der Waals surface area (Å²) < 4.78 is 5.38. The Morgan fingerprint density at radius 2 is 2.38 bits per heavy atom. The molecule has 1 aromatic carbocycles. The highest BCUT2D eigenvalue weighted by atomic mass is 16.5. The summed E-state index contributed by atoms with van der Waals surface area (Å²) in [5.74, 6) is 6.96. The molecule has 2 nitrogen and oxygen atoms in total. The lowest BCUT2D eigenvalue weighted by Gasteiger charge is -2.12. The molecule has 0 aliphatic heterocycles. The summed E-state index contributed by atoms with van der Waals surface area (Å²) in [4.78, 5) is 0. The van der Waals surface area contributed by atoms with Crippen molar-refractivity contribution in [2.75, 3.05) is 13.7 Å². The molecule has 1 aromatic rings. The van der Waals surface area contributed by atoms with E-state index in [4.69, 9.17) is 4.74 Å². The van der Waals surface area contributed by atoms with Crippen LogP contribution in [0.2, 0.25) is 0 Å². The van der Waals surface area contributed by atoms with Crippen LogP contribution in [0.15, 0.2) is 18.2 Å². The SMILES string of the molecule is CC#CCNC1CCc2c(OC)cccc21. The number of ether oxygens (including phenoxy) is 1. The third kappa shape index (κ3) is 2.05. The van der Waals surface area contributed by atoms with Crippen LogP contribution in [0, 0.1) is 11.8 Å². The second kappa shape index (κ2) is 5.05. The van der Waals surface area contributed by atoms with Gasteiger partial charge in [0, 0.05) is 6.04 Å². The summed E-state index contributed by atoms with van der Waals surface area (Å²) >= 11 is 0. The smallest absolute Gasteiger partial charge is 0.122 e. The van der Waals surface area contributed by atoms with Crippen LogP contribution in [0.25, 0.3) is 0 Å². The van der Waals surface area contributed by atoms with Crippen molar-refractivity contribution < 1.29 is 4.74 Å². The summed E-state index contributed by atoms with van der Waals surface area (Å²) in [6.07, 6.45) is 2.23. The standard InChI is InChI=1S/C14H17NO/c1-3-4-10-15-13-9-8-12-11(13)6-5-7-14(12)16-2/h5-7,13,15H,8-10H2,1-2H3. The van der Waals surface area contributed by atoms with Crippen LogP contribution in [0.4, 0.5) is 0 Å². The van der Waals surface area contributed by atoms with Gasteiger partial charge >= 0.3 is 0 Å². The molecule has 0 heterocycles. The number of benzene rings is 1. The quantitative estimate of drug-likeness (QED) is 0.781. The Balaban J connectivity index is 2.15. The summed E-state index contributed by atoms with van der Waals surface area (Å²) in [6.45, 7) is 2.63. The highest BCUT2D eigenvalue weighted by Gasteiger charge is 2.23. The molecule has 1 unspecified atom stereocenters. The van der Waals surface area contributed by atoms with E-state index in [0.29, 0.717) is 6.04 Å². The highest BCUT2D eigenvalue weighted by Crippen LogP contribution is 2.36. The molecular formula is C14H17NO. The molecule has 1 atom stereocenters. The van der Waals surface area contributed by atoms with Crippen molar-refractivity contribution in [3.63, 3.8) is 0 Å². The van der Waals surface area contributed by atoms with Crippen LogP contribution in [0.5, 0.6) is 5.75 Å². The van der Waals surface area contributed by atoms with E-state index in [0.717, 1.165) is 25.1 Å². The first-order valence-corrected chi connectivity index (χ1v) is 5.65. The summed E-state index contributed by atoms with van der Waals surface area (Å²) in [5, 5.41) is 3.46. The van der Waals surface area contributed by atoms with Crippen LogP contribution in [-0.4, -0.2) is 13.7 Å². The van der Waals surface area contributed by atoms with E-state index in [-0.39, 0.29) is 0 Å². The molecule has 0 aromatic heterocycles. The maximum absolute atomic E-state index is 5.38. The first-order valence-electron chi connectivity index (χ1n) is 5.65. The average molecular weight is 215 g/mol. The van der Waals surface area contributed by atoms with E-state index in [2.05, 4.69) is 29.3 Å². The molecule has 1 N–H and O–H groups in total. The van der Waals surface area contributed by atoms with Gasteiger partial charge in [-0.2, -0.15) is 0 Å². The minimum atomic E-state index is 0.436. The van der Waals surface area contributed by atoms with E-state index >= 15 is 0 Å². The molecule has 2 heteroatoms. The lowest BCUT2D eigenvalue weighted by molar-refractivity contribution is 0.410. The van der Waals surface area contributed by atoms with Gasteiger partial charge in [0.2, 0.25) is 0 Å². The van der Waals surface area contributed by atoms with Gasteiger partial charge in [-0.15, -0.1) is 5.92 Å². The lowest BCUT2D eigenvalue weighted by atomic mass is 10.1. The van der Waals surface area contributed by atoms with Crippen molar-refractivity contribution in [2.45, 2.75) is 25.8 Å². The molecule has 0 spiro atoms. The van der Waals surface area contributed by atoms with Gasteiger partial charge in [0.05, 0.1) is 13.7 Å². The number of rotatable bonds is 3. The lowest BCUT2D eigenvalue weighted by Crippen LogP contribution is -2.19. The van der Waals surface area contributed by atoms with Crippen molar-refractivity contribution in [1.29, 1.82) is 0 Å². The molecule has 0 saturated carbocycles. The predicted octanol–water partition coefficient (Wildman–Crippen LogP) is 2.30. The fourth-order valence-electron chi connectivity index (χ4n) is 2.29. The Kier molecular flexibility index (Phi) is 3.48. The maximum Gasteiger partial charge on any atom is 0.122 e. The average Bonchev–Trinajstić information content (AvgIpc) is 2.73. The predicted molar refractivity (Wildman–Crippen MR) is 65.5 cm³/mol. The Labute approximate surface area is 97.0 Å². The Morgan fingerprint density at radius 3 is 3.12 bits per heavy atom. The first-order chi connectivity index (χ1) is 7.86. The summed E-state index contributed by atoms with van der Waals surface area (Å²) in [7, 11) is 1.74. The molecule has 84 valence electrons. The largest absolute Gasteiger partial charge is 0.496 e. The molecule has 0 saturated heterocycles. The number of hydrogen-bond acceptors (Lipinski definition) is 2. The van der Waals surface area contributed by atoms with E-state index in [9.17, 15) is 0 Å². The Hall–Kier alpha value is -1.46. The van der Waals surface area contributed by atoms with Crippen molar-refractivity contribution in [3.8, 4) is 17.6 Å². The monoisotopic (exact) mass is 215 g/mol. The molecule has 2 rings (SSSR count). The number of methoxy groups -OCH3 is 1. The molecule has 0 bridgehead atoms. The van der Waals surface area contributed by atoms with Gasteiger partial charge in [-0.3, -0.25) is 5.32 Å². The molecular weight excluding hydrogens is 198 g/mol. The van der Waals surface area contributed by atoms with E-state index < -0.39 is 0 Å². The molecule has 1 aliphatic rings. The van der Waals surface area contributed by atoms with Crippen LogP contribution in [0.3, 0.4) is 0 Å². The van der Waals surface area contributed by atoms with Crippen molar-refractivity contribution >= 4 is 0 Å². The van der Waals surface area contributed by atoms with E-state index in [1.807, 2.05) is 13.0 Å². The summed E-state index contributed by atoms with van der Waals surface area (Å²) in [6, 6.07) is 6.71. The fraction of sp³-hybridized carbons (Fsp3) is 0.429. The second-order valence-corrected chi connectivity index (χ2v) is 3.93. The zero-order chi connectivity index (χ0) is 11.4. The molecule has 16 heavy (non-hydrogen) atoms. The highest BCUT2D eigenvalue weighted by molar-refractivity contribution is 5.45. The fourth-order valence-corrected chi connectivity index (χ4v) is 2.29. The minimum Gasteiger partial charge on any atom is -0.496 e. The summed E-state index contributed by atoms with van der Waals surface area (Å²) in [5.41, 5.74) is 2.73. The zero-order valence-corrected chi connectivity index (χ0v) is 9.84. The second-order valence-electron chi connectivity index (χ2n) is 3.93. The van der Waals surface area contributed by atoms with E-state index in [1.54, 1.807) is 7.11 Å². The normalized spacial score (nSPS) is 17.5. The topological polar surface area (TPSA) is 21.3 Å². The van der Waals surface area contributed by atoms with Crippen LogP contribution in [-0.2, 0) is 6.42 Å². The van der Waals surface area contributed by atoms with Crippen LogP contribution >= 0.6 is 0 Å². The van der Waals surface area contributed by atoms with Gasteiger partial charge in [0.1, 0.15) is 5.75 Å². The molecule has 0 amide bonds. The third-order valence-electron chi connectivity index (χ3n) is 3.06. The number of nitrogens with one attached hydrogen (secondary N) is 1. The van der Waals surface area contributed by atoms with Gasteiger partial charge in [-0.25, -0.2) is 0 Å². The van der Waals surface area contributed by atoms with Gasteiger partial charge in [0.25, 0.3) is 0 Å². The van der Waals surface area contributed by atoms with Gasteiger partial charge in [-0.1, -0.05) is 18.1 Å². The van der Waals surface area contributed by atoms with Crippen molar-refractivity contribution in [3.05, 3.63) is 29.3 Å². The first kappa shape index (κ1) is 11.0. The van der Waals surface area contributed by atoms with E-state index in [1.165, 1.54) is 11.1 Å². The molecule has 1 aliphatic carbocycles. The van der Waals surface area contributed by atoms with Gasteiger partial charge < -0.3 is 4.74 Å². The third-order valence-corrected chi connectivity index (χ3v) is 3.06. The van der Waals surface area contributed by atoms with Crippen LogP contribution in [0.1, 0.15) is 30.5 Å². The number of hydrogen-bond donors (Lipinski definition) is 1. The van der Waals surface area contributed by atoms with Gasteiger partial charge in [0.15, 0.2) is 0 Å². The van der Waals surface area contributed by atoms with Gasteiger partial charge in [-0.05, 0) is 37.0 Å². The molecule has 0 radical (unpaired) electrons. The van der Waals surface area contributed by atoms with Crippen molar-refractivity contribution in [1.82, 2.24) is 5.32 Å². The number of fused-ring (bicyclic) bond motifs is 1. The molecule has 0 fully saturated rings. The Morgan fingerprint density at radius 1 is 1.50 bits per heavy atom. The Bertz CT molecular complexity index is 428. The van der Waals surface area contributed by atoms with Crippen molar-refractivity contribution in [2.24, 2.45) is 0 Å². The minimum absolute atomic E-state index is 0.436.